The van der Waals surface area contributed by atoms with Crippen LogP contribution in [0.5, 0.6) is 0 Å². The molecule has 2 nitrogen and oxygen atoms in total. The highest BCUT2D eigenvalue weighted by atomic mass is 16.4. The predicted octanol–water partition coefficient (Wildman–Crippen LogP) is 3.17. The maximum absolute atomic E-state index is 11.2. The van der Waals surface area contributed by atoms with Crippen LogP contribution in [0.2, 0.25) is 0 Å². The van der Waals surface area contributed by atoms with Crippen LogP contribution >= 0.6 is 0 Å². The summed E-state index contributed by atoms with van der Waals surface area (Å²) in [7, 11) is 0. The summed E-state index contributed by atoms with van der Waals surface area (Å²) in [6.07, 6.45) is 3.73. The number of hydrogen-bond acceptors (Lipinski definition) is 1. The fourth-order valence-corrected chi connectivity index (χ4v) is 2.62. The summed E-state index contributed by atoms with van der Waals surface area (Å²) < 4.78 is 0. The maximum Gasteiger partial charge on any atom is 0.307 e. The van der Waals surface area contributed by atoms with Crippen LogP contribution < -0.4 is 0 Å². The molecule has 0 saturated heterocycles. The normalized spacial score (nSPS) is 22.6. The first kappa shape index (κ1) is 11.5. The van der Waals surface area contributed by atoms with Gasteiger partial charge in [-0.25, -0.2) is 0 Å². The topological polar surface area (TPSA) is 37.3 Å². The van der Waals surface area contributed by atoms with Crippen LogP contribution in [0, 0.1) is 23.2 Å². The van der Waals surface area contributed by atoms with Gasteiger partial charge in [-0.3, -0.25) is 4.79 Å². The zero-order valence-electron chi connectivity index (χ0n) is 9.71. The quantitative estimate of drug-likeness (QED) is 0.756. The average Bonchev–Trinajstić information content (AvgIpc) is 1.75. The molecule has 0 spiro atoms. The van der Waals surface area contributed by atoms with Gasteiger partial charge in [0.05, 0.1) is 5.92 Å². The van der Waals surface area contributed by atoms with Gasteiger partial charge in [-0.1, -0.05) is 47.0 Å². The lowest BCUT2D eigenvalue weighted by Crippen LogP contribution is -2.39. The minimum atomic E-state index is -0.628. The van der Waals surface area contributed by atoms with Gasteiger partial charge >= 0.3 is 5.97 Å². The molecule has 2 heteroatoms. The zero-order chi connectivity index (χ0) is 10.9. The Bertz CT molecular complexity index is 211. The zero-order valence-corrected chi connectivity index (χ0v) is 9.71. The molecule has 0 aromatic heterocycles. The molecule has 1 aliphatic rings. The van der Waals surface area contributed by atoms with Crippen molar-refractivity contribution >= 4 is 5.97 Å². The average molecular weight is 198 g/mol. The number of rotatable bonds is 3. The van der Waals surface area contributed by atoms with Crippen LogP contribution in [-0.4, -0.2) is 11.1 Å². The predicted molar refractivity (Wildman–Crippen MR) is 57.1 cm³/mol. The van der Waals surface area contributed by atoms with Crippen LogP contribution in [0.1, 0.15) is 47.0 Å². The van der Waals surface area contributed by atoms with E-state index in [4.69, 9.17) is 0 Å². The number of aliphatic carboxylic acids is 1. The summed E-state index contributed by atoms with van der Waals surface area (Å²) in [5.41, 5.74) is -0.124. The summed E-state index contributed by atoms with van der Waals surface area (Å²) >= 11 is 0. The van der Waals surface area contributed by atoms with Crippen molar-refractivity contribution in [3.8, 4) is 0 Å². The lowest BCUT2D eigenvalue weighted by Gasteiger charge is -2.40. The first-order valence-corrected chi connectivity index (χ1v) is 5.57. The lowest BCUT2D eigenvalue weighted by atomic mass is 9.64. The van der Waals surface area contributed by atoms with E-state index in [1.54, 1.807) is 0 Å². The van der Waals surface area contributed by atoms with Crippen molar-refractivity contribution in [3.05, 3.63) is 0 Å². The monoisotopic (exact) mass is 198 g/mol. The third-order valence-corrected chi connectivity index (χ3v) is 3.62. The van der Waals surface area contributed by atoms with E-state index in [1.807, 2.05) is 20.8 Å². The second-order valence-electron chi connectivity index (χ2n) is 5.73. The Morgan fingerprint density at radius 3 is 2.07 bits per heavy atom. The van der Waals surface area contributed by atoms with Crippen molar-refractivity contribution in [2.24, 2.45) is 23.2 Å². The third kappa shape index (κ3) is 2.28. The summed E-state index contributed by atoms with van der Waals surface area (Å²) in [5.74, 6) is 0.140. The molecule has 1 fully saturated rings. The maximum atomic E-state index is 11.2. The van der Waals surface area contributed by atoms with Crippen molar-refractivity contribution in [2.75, 3.05) is 0 Å². The molecule has 2 atom stereocenters. The Balaban J connectivity index is 2.71. The molecule has 1 aliphatic carbocycles. The van der Waals surface area contributed by atoms with Gasteiger partial charge in [-0.2, -0.15) is 0 Å². The Morgan fingerprint density at radius 1 is 1.36 bits per heavy atom. The number of hydrogen-bond donors (Lipinski definition) is 1. The smallest absolute Gasteiger partial charge is 0.307 e. The molecule has 0 aromatic rings. The van der Waals surface area contributed by atoms with E-state index in [2.05, 4.69) is 6.92 Å². The second-order valence-corrected chi connectivity index (χ2v) is 5.73. The highest BCUT2D eigenvalue weighted by molar-refractivity contribution is 5.71. The summed E-state index contributed by atoms with van der Waals surface area (Å²) in [4.78, 5) is 11.2. The first-order valence-electron chi connectivity index (χ1n) is 5.57. The van der Waals surface area contributed by atoms with E-state index < -0.39 is 5.97 Å². The summed E-state index contributed by atoms with van der Waals surface area (Å²) in [5, 5.41) is 9.25. The number of carboxylic acids is 1. The van der Waals surface area contributed by atoms with Gasteiger partial charge in [0.15, 0.2) is 0 Å². The minimum absolute atomic E-state index is 0.124. The molecule has 2 unspecified atom stereocenters. The summed E-state index contributed by atoms with van der Waals surface area (Å²) in [6, 6.07) is 0. The largest absolute Gasteiger partial charge is 0.481 e. The molecule has 1 saturated carbocycles. The number of carbonyl (C=O) groups is 1. The SMILES string of the molecule is CC(C1CCC1)C(C(=O)O)C(C)(C)C. The Morgan fingerprint density at radius 2 is 1.86 bits per heavy atom. The van der Waals surface area contributed by atoms with Crippen LogP contribution in [0.4, 0.5) is 0 Å². The molecule has 1 rings (SSSR count). The highest BCUT2D eigenvalue weighted by Gasteiger charge is 2.40. The van der Waals surface area contributed by atoms with E-state index in [0.29, 0.717) is 11.8 Å². The fourth-order valence-electron chi connectivity index (χ4n) is 2.62. The Labute approximate surface area is 86.7 Å². The lowest BCUT2D eigenvalue weighted by molar-refractivity contribution is -0.149. The number of carboxylic acid groups (broad SMARTS) is 1. The molecule has 0 bridgehead atoms. The standard InChI is InChI=1S/C12H22O2/c1-8(9-6-5-7-9)10(11(13)14)12(2,3)4/h8-10H,5-7H2,1-4H3,(H,13,14). The van der Waals surface area contributed by atoms with E-state index in [-0.39, 0.29) is 11.3 Å². The molecule has 1 N–H and O–H groups in total. The molecule has 0 amide bonds. The van der Waals surface area contributed by atoms with Gasteiger partial charge in [0.1, 0.15) is 0 Å². The molecular weight excluding hydrogens is 176 g/mol. The van der Waals surface area contributed by atoms with Gasteiger partial charge in [-0.15, -0.1) is 0 Å². The van der Waals surface area contributed by atoms with Gasteiger partial charge in [0.2, 0.25) is 0 Å². The Hall–Kier alpha value is -0.530. The Kier molecular flexibility index (Phi) is 3.23. The third-order valence-electron chi connectivity index (χ3n) is 3.62. The van der Waals surface area contributed by atoms with Gasteiger partial charge < -0.3 is 5.11 Å². The minimum Gasteiger partial charge on any atom is -0.481 e. The highest BCUT2D eigenvalue weighted by Crippen LogP contribution is 2.43. The first-order chi connectivity index (χ1) is 6.34. The van der Waals surface area contributed by atoms with Crippen molar-refractivity contribution < 1.29 is 9.90 Å². The molecule has 0 heterocycles. The molecular formula is C12H22O2. The van der Waals surface area contributed by atoms with Gasteiger partial charge in [0.25, 0.3) is 0 Å². The molecule has 0 aromatic carbocycles. The van der Waals surface area contributed by atoms with E-state index in [0.717, 1.165) is 0 Å². The van der Waals surface area contributed by atoms with Crippen molar-refractivity contribution in [1.82, 2.24) is 0 Å². The van der Waals surface area contributed by atoms with Crippen LogP contribution in [0.25, 0.3) is 0 Å². The molecule has 82 valence electrons. The van der Waals surface area contributed by atoms with Crippen molar-refractivity contribution in [2.45, 2.75) is 47.0 Å². The molecule has 0 radical (unpaired) electrons. The van der Waals surface area contributed by atoms with Crippen molar-refractivity contribution in [3.63, 3.8) is 0 Å². The molecule has 14 heavy (non-hydrogen) atoms. The van der Waals surface area contributed by atoms with E-state index >= 15 is 0 Å². The van der Waals surface area contributed by atoms with Crippen LogP contribution in [0.15, 0.2) is 0 Å². The van der Waals surface area contributed by atoms with Crippen molar-refractivity contribution in [1.29, 1.82) is 0 Å². The van der Waals surface area contributed by atoms with Crippen LogP contribution in [0.3, 0.4) is 0 Å². The summed E-state index contributed by atoms with van der Waals surface area (Å²) in [6.45, 7) is 8.19. The molecule has 0 aliphatic heterocycles. The second kappa shape index (κ2) is 3.92. The van der Waals surface area contributed by atoms with Gasteiger partial charge in [-0.05, 0) is 17.3 Å². The van der Waals surface area contributed by atoms with E-state index in [9.17, 15) is 9.90 Å². The van der Waals surface area contributed by atoms with Gasteiger partial charge in [0, 0.05) is 0 Å². The fraction of sp³-hybridized carbons (Fsp3) is 0.917. The van der Waals surface area contributed by atoms with Crippen LogP contribution in [-0.2, 0) is 4.79 Å². The van der Waals surface area contributed by atoms with E-state index in [1.165, 1.54) is 19.3 Å².